The predicted octanol–water partition coefficient (Wildman–Crippen LogP) is 3.29. The number of hydrogen-bond acceptors (Lipinski definition) is 5. The molecule has 0 spiro atoms. The van der Waals surface area contributed by atoms with Crippen LogP contribution in [0.15, 0.2) is 6.07 Å². The van der Waals surface area contributed by atoms with Gasteiger partial charge in [0.1, 0.15) is 5.82 Å². The van der Waals surface area contributed by atoms with E-state index < -0.39 is 8.32 Å². The molecule has 0 fully saturated rings. The van der Waals surface area contributed by atoms with Gasteiger partial charge < -0.3 is 14.1 Å². The minimum Gasteiger partial charge on any atom is -0.461 e. The van der Waals surface area contributed by atoms with Crippen LogP contribution < -0.4 is 4.90 Å². The Morgan fingerprint density at radius 2 is 2.04 bits per heavy atom. The molecule has 0 aliphatic carbocycles. The van der Waals surface area contributed by atoms with E-state index in [1.807, 2.05) is 10.7 Å². The molecule has 1 aromatic rings. The van der Waals surface area contributed by atoms with Gasteiger partial charge in [0.05, 0.1) is 13.2 Å². The van der Waals surface area contributed by atoms with Gasteiger partial charge in [-0.2, -0.15) is 5.10 Å². The van der Waals surface area contributed by atoms with E-state index in [0.717, 1.165) is 31.9 Å². The van der Waals surface area contributed by atoms with Crippen molar-refractivity contribution in [1.29, 1.82) is 0 Å². The second kappa shape index (κ2) is 7.27. The molecule has 2 heterocycles. The van der Waals surface area contributed by atoms with Crippen molar-refractivity contribution in [3.8, 4) is 0 Å². The number of aryl methyl sites for hydroxylation is 1. The molecule has 1 aromatic heterocycles. The molecule has 0 bridgehead atoms. The summed E-state index contributed by atoms with van der Waals surface area (Å²) in [6.45, 7) is 16.8. The van der Waals surface area contributed by atoms with Crippen LogP contribution >= 0.6 is 0 Å². The first kappa shape index (κ1) is 19.0. The van der Waals surface area contributed by atoms with E-state index in [4.69, 9.17) is 9.16 Å². The predicted molar refractivity (Wildman–Crippen MR) is 98.2 cm³/mol. The van der Waals surface area contributed by atoms with Gasteiger partial charge in [0.15, 0.2) is 14.0 Å². The molecule has 136 valence electrons. The highest BCUT2D eigenvalue weighted by Crippen LogP contribution is 2.36. The number of ether oxygens (including phenoxy) is 1. The molecule has 0 radical (unpaired) electrons. The molecule has 2 rings (SSSR count). The first-order chi connectivity index (χ1) is 11.2. The summed E-state index contributed by atoms with van der Waals surface area (Å²) in [5.74, 6) is 0.639. The van der Waals surface area contributed by atoms with E-state index in [2.05, 4.69) is 43.9 Å². The Morgan fingerprint density at radius 1 is 1.33 bits per heavy atom. The minimum atomic E-state index is -1.73. The van der Waals surface area contributed by atoms with E-state index in [1.54, 1.807) is 6.92 Å². The highest BCUT2D eigenvalue weighted by atomic mass is 28.4. The van der Waals surface area contributed by atoms with Crippen LogP contribution in [0.4, 0.5) is 5.82 Å². The van der Waals surface area contributed by atoms with Crippen LogP contribution in [0.3, 0.4) is 0 Å². The molecule has 0 N–H and O–H groups in total. The van der Waals surface area contributed by atoms with Crippen LogP contribution in [0.5, 0.6) is 0 Å². The average Bonchev–Trinajstić information content (AvgIpc) is 2.91. The molecule has 0 saturated heterocycles. The summed E-state index contributed by atoms with van der Waals surface area (Å²) in [4.78, 5) is 14.1. The minimum absolute atomic E-state index is 0.216. The van der Waals surface area contributed by atoms with Crippen molar-refractivity contribution in [3.05, 3.63) is 11.8 Å². The lowest BCUT2D eigenvalue weighted by Gasteiger charge is -2.37. The van der Waals surface area contributed by atoms with E-state index in [9.17, 15) is 4.79 Å². The molecule has 6 nitrogen and oxygen atoms in total. The van der Waals surface area contributed by atoms with Crippen molar-refractivity contribution < 1.29 is 14.0 Å². The maximum Gasteiger partial charge on any atom is 0.358 e. The summed E-state index contributed by atoms with van der Waals surface area (Å²) in [5.41, 5.74) is 0.393. The van der Waals surface area contributed by atoms with Crippen molar-refractivity contribution in [2.24, 2.45) is 0 Å². The number of esters is 1. The Labute approximate surface area is 146 Å². The molecular weight excluding hydrogens is 322 g/mol. The maximum absolute atomic E-state index is 11.9. The van der Waals surface area contributed by atoms with E-state index in [1.165, 1.54) is 0 Å². The molecule has 24 heavy (non-hydrogen) atoms. The number of aromatic nitrogens is 2. The van der Waals surface area contributed by atoms with Crippen molar-refractivity contribution in [3.63, 3.8) is 0 Å². The lowest BCUT2D eigenvalue weighted by Crippen LogP contribution is -2.43. The van der Waals surface area contributed by atoms with Gasteiger partial charge in [-0.25, -0.2) is 9.48 Å². The van der Waals surface area contributed by atoms with Gasteiger partial charge in [-0.3, -0.25) is 0 Å². The molecule has 0 saturated carbocycles. The molecule has 7 heteroatoms. The Morgan fingerprint density at radius 3 is 2.67 bits per heavy atom. The molecule has 0 atom stereocenters. The number of carbonyl (C=O) groups excluding carboxylic acids is 1. The van der Waals surface area contributed by atoms with Crippen LogP contribution in [-0.2, 0) is 15.7 Å². The fourth-order valence-corrected chi connectivity index (χ4v) is 3.55. The van der Waals surface area contributed by atoms with Gasteiger partial charge in [-0.15, -0.1) is 0 Å². The molecule has 0 unspecified atom stereocenters. The van der Waals surface area contributed by atoms with Crippen LogP contribution in [0, 0.1) is 0 Å². The lowest BCUT2D eigenvalue weighted by molar-refractivity contribution is 0.0518. The second-order valence-corrected chi connectivity index (χ2v) is 12.6. The fraction of sp³-hybridized carbons (Fsp3) is 0.765. The molecule has 0 aromatic carbocycles. The van der Waals surface area contributed by atoms with Crippen LogP contribution in [-0.4, -0.2) is 50.4 Å². The lowest BCUT2D eigenvalue weighted by atomic mass is 10.2. The summed E-state index contributed by atoms with van der Waals surface area (Å²) >= 11 is 0. The Hall–Kier alpha value is -1.34. The highest BCUT2D eigenvalue weighted by Gasteiger charge is 2.37. The summed E-state index contributed by atoms with van der Waals surface area (Å²) in [6.07, 6.45) is 1.02. The van der Waals surface area contributed by atoms with Crippen LogP contribution in [0.1, 0.15) is 44.6 Å². The van der Waals surface area contributed by atoms with Gasteiger partial charge in [-0.1, -0.05) is 20.8 Å². The van der Waals surface area contributed by atoms with Gasteiger partial charge >= 0.3 is 5.97 Å². The van der Waals surface area contributed by atoms with Gasteiger partial charge in [-0.05, 0) is 31.5 Å². The molecule has 0 amide bonds. The van der Waals surface area contributed by atoms with Crippen LogP contribution in [0.2, 0.25) is 18.1 Å². The Kier molecular flexibility index (Phi) is 5.75. The zero-order valence-corrected chi connectivity index (χ0v) is 16.9. The topological polar surface area (TPSA) is 56.6 Å². The van der Waals surface area contributed by atoms with Gasteiger partial charge in [0, 0.05) is 25.7 Å². The first-order valence-corrected chi connectivity index (χ1v) is 11.7. The average molecular weight is 354 g/mol. The van der Waals surface area contributed by atoms with E-state index in [-0.39, 0.29) is 11.0 Å². The highest BCUT2D eigenvalue weighted by molar-refractivity contribution is 6.74. The summed E-state index contributed by atoms with van der Waals surface area (Å²) < 4.78 is 13.2. The summed E-state index contributed by atoms with van der Waals surface area (Å²) in [7, 11) is -1.73. The number of nitrogens with zero attached hydrogens (tertiary/aromatic N) is 3. The Balaban J connectivity index is 2.01. The smallest absolute Gasteiger partial charge is 0.358 e. The maximum atomic E-state index is 11.9. The number of rotatable bonds is 6. The monoisotopic (exact) mass is 353 g/mol. The summed E-state index contributed by atoms with van der Waals surface area (Å²) in [5, 5.41) is 4.60. The zero-order valence-electron chi connectivity index (χ0n) is 15.9. The number of fused-ring (bicyclic) bond motifs is 1. The third kappa shape index (κ3) is 4.19. The van der Waals surface area contributed by atoms with Crippen molar-refractivity contribution in [1.82, 2.24) is 9.78 Å². The van der Waals surface area contributed by atoms with Gasteiger partial charge in [0.2, 0.25) is 0 Å². The van der Waals surface area contributed by atoms with Crippen LogP contribution in [0.25, 0.3) is 0 Å². The van der Waals surface area contributed by atoms with E-state index >= 15 is 0 Å². The molecular formula is C17H31N3O3Si. The summed E-state index contributed by atoms with van der Waals surface area (Å²) in [6, 6.07) is 1.84. The quantitative estimate of drug-likeness (QED) is 0.580. The molecule has 1 aliphatic rings. The van der Waals surface area contributed by atoms with Crippen molar-refractivity contribution in [2.75, 3.05) is 31.2 Å². The SMILES string of the molecule is CCOC(=O)c1cc2n(n1)CCCN2CCO[Si](C)(C)C(C)(C)C. The number of anilines is 1. The van der Waals surface area contributed by atoms with Gasteiger partial charge in [0.25, 0.3) is 0 Å². The fourth-order valence-electron chi connectivity index (χ4n) is 2.51. The largest absolute Gasteiger partial charge is 0.461 e. The Bertz CT molecular complexity index is 578. The third-order valence-corrected chi connectivity index (χ3v) is 9.53. The van der Waals surface area contributed by atoms with E-state index in [0.29, 0.717) is 18.9 Å². The van der Waals surface area contributed by atoms with Crippen molar-refractivity contribution >= 4 is 20.1 Å². The second-order valence-electron chi connectivity index (χ2n) is 7.78. The number of carbonyl (C=O) groups is 1. The first-order valence-electron chi connectivity index (χ1n) is 8.79. The van der Waals surface area contributed by atoms with Crippen molar-refractivity contribution in [2.45, 2.75) is 58.8 Å². The standard InChI is InChI=1S/C17H31N3O3Si/c1-7-22-16(21)14-13-15-19(9-8-10-20(15)18-14)11-12-23-24(5,6)17(2,3)4/h13H,7-12H2,1-6H3. The molecule has 1 aliphatic heterocycles. The third-order valence-electron chi connectivity index (χ3n) is 5.00. The number of hydrogen-bond donors (Lipinski definition) is 0. The normalized spacial score (nSPS) is 15.3. The zero-order chi connectivity index (χ0) is 18.0.